The SMILES string of the molecule is NCC(c1cc(Br)c(Cl)s1)N1CCN(C2CC2)CC1. The summed E-state index contributed by atoms with van der Waals surface area (Å²) in [6.07, 6.45) is 2.79. The lowest BCUT2D eigenvalue weighted by molar-refractivity contribution is 0.0950. The molecule has 1 aromatic rings. The molecule has 0 amide bonds. The fraction of sp³-hybridized carbons (Fsp3) is 0.692. The third kappa shape index (κ3) is 3.17. The molecule has 0 spiro atoms. The van der Waals surface area contributed by atoms with Crippen LogP contribution in [0, 0.1) is 0 Å². The van der Waals surface area contributed by atoms with Crippen molar-refractivity contribution in [2.45, 2.75) is 24.9 Å². The topological polar surface area (TPSA) is 32.5 Å². The van der Waals surface area contributed by atoms with Crippen LogP contribution in [-0.2, 0) is 0 Å². The highest BCUT2D eigenvalue weighted by Crippen LogP contribution is 2.37. The third-order valence-corrected chi connectivity index (χ3v) is 6.64. The van der Waals surface area contributed by atoms with Crippen molar-refractivity contribution in [2.24, 2.45) is 5.73 Å². The quantitative estimate of drug-likeness (QED) is 0.891. The van der Waals surface area contributed by atoms with Crippen LogP contribution in [0.4, 0.5) is 0 Å². The van der Waals surface area contributed by atoms with Gasteiger partial charge in [0.2, 0.25) is 0 Å². The van der Waals surface area contributed by atoms with Crippen LogP contribution < -0.4 is 5.73 Å². The predicted octanol–water partition coefficient (Wildman–Crippen LogP) is 2.94. The van der Waals surface area contributed by atoms with E-state index in [0.717, 1.165) is 27.9 Å². The molecule has 1 aromatic heterocycles. The standard InChI is InChI=1S/C13H19BrClN3S/c14-10-7-12(19-13(10)15)11(8-16)18-5-3-17(4-6-18)9-1-2-9/h7,9,11H,1-6,8,16H2. The Morgan fingerprint density at radius 1 is 1.37 bits per heavy atom. The molecule has 1 aliphatic heterocycles. The molecule has 0 aromatic carbocycles. The van der Waals surface area contributed by atoms with Crippen LogP contribution in [0.3, 0.4) is 0 Å². The fourth-order valence-corrected chi connectivity index (χ4v) is 4.71. The van der Waals surface area contributed by atoms with Gasteiger partial charge in [0, 0.05) is 48.1 Å². The minimum Gasteiger partial charge on any atom is -0.329 e. The molecule has 2 fully saturated rings. The first-order valence-corrected chi connectivity index (χ1v) is 8.80. The molecular formula is C13H19BrClN3S. The van der Waals surface area contributed by atoms with E-state index in [0.29, 0.717) is 12.6 Å². The van der Waals surface area contributed by atoms with E-state index in [-0.39, 0.29) is 0 Å². The smallest absolute Gasteiger partial charge is 0.107 e. The zero-order valence-corrected chi connectivity index (χ0v) is 14.0. The maximum atomic E-state index is 6.15. The van der Waals surface area contributed by atoms with Gasteiger partial charge in [-0.2, -0.15) is 0 Å². The lowest BCUT2D eigenvalue weighted by atomic mass is 10.1. The fourth-order valence-electron chi connectivity index (χ4n) is 2.83. The van der Waals surface area contributed by atoms with Gasteiger partial charge in [-0.25, -0.2) is 0 Å². The van der Waals surface area contributed by atoms with Crippen molar-refractivity contribution >= 4 is 38.9 Å². The van der Waals surface area contributed by atoms with Crippen molar-refractivity contribution in [3.05, 3.63) is 19.8 Å². The van der Waals surface area contributed by atoms with Crippen molar-refractivity contribution in [3.63, 3.8) is 0 Å². The van der Waals surface area contributed by atoms with E-state index < -0.39 is 0 Å². The minimum atomic E-state index is 0.315. The number of thiophene rings is 1. The molecule has 106 valence electrons. The monoisotopic (exact) mass is 363 g/mol. The first-order chi connectivity index (χ1) is 9.19. The van der Waals surface area contributed by atoms with Gasteiger partial charge in [0.15, 0.2) is 0 Å². The summed E-state index contributed by atoms with van der Waals surface area (Å²) < 4.78 is 1.81. The van der Waals surface area contributed by atoms with E-state index in [4.69, 9.17) is 17.3 Å². The number of piperazine rings is 1. The normalized spacial score (nSPS) is 23.7. The molecule has 3 nitrogen and oxygen atoms in total. The number of halogens is 2. The van der Waals surface area contributed by atoms with Gasteiger partial charge >= 0.3 is 0 Å². The van der Waals surface area contributed by atoms with Crippen LogP contribution in [0.25, 0.3) is 0 Å². The van der Waals surface area contributed by atoms with Crippen molar-refractivity contribution in [1.29, 1.82) is 0 Å². The lowest BCUT2D eigenvalue weighted by Gasteiger charge is -2.38. The van der Waals surface area contributed by atoms with Crippen LogP contribution in [0.1, 0.15) is 23.8 Å². The van der Waals surface area contributed by atoms with Gasteiger partial charge in [0.1, 0.15) is 4.34 Å². The molecule has 1 saturated carbocycles. The van der Waals surface area contributed by atoms with Gasteiger partial charge in [0.25, 0.3) is 0 Å². The summed E-state index contributed by atoms with van der Waals surface area (Å²) in [5.41, 5.74) is 5.99. The summed E-state index contributed by atoms with van der Waals surface area (Å²) in [5, 5.41) is 0. The number of nitrogens with two attached hydrogens (primary N) is 1. The Labute approximate surface area is 131 Å². The van der Waals surface area contributed by atoms with Gasteiger partial charge in [-0.05, 0) is 34.8 Å². The van der Waals surface area contributed by atoms with E-state index >= 15 is 0 Å². The minimum absolute atomic E-state index is 0.315. The van der Waals surface area contributed by atoms with Crippen molar-refractivity contribution in [3.8, 4) is 0 Å². The van der Waals surface area contributed by atoms with Crippen LogP contribution in [0.2, 0.25) is 4.34 Å². The van der Waals surface area contributed by atoms with Crippen molar-refractivity contribution in [1.82, 2.24) is 9.80 Å². The molecule has 2 N–H and O–H groups in total. The molecule has 1 atom stereocenters. The Bertz CT molecular complexity index is 422. The molecule has 0 radical (unpaired) electrons. The second-order valence-corrected chi connectivity index (χ2v) is 7.87. The van der Waals surface area contributed by atoms with E-state index in [1.165, 1.54) is 30.8 Å². The van der Waals surface area contributed by atoms with Crippen molar-refractivity contribution < 1.29 is 0 Å². The zero-order chi connectivity index (χ0) is 13.4. The first-order valence-electron chi connectivity index (χ1n) is 6.82. The van der Waals surface area contributed by atoms with Gasteiger partial charge in [0.05, 0.1) is 6.04 Å². The molecule has 19 heavy (non-hydrogen) atoms. The molecule has 3 rings (SSSR count). The molecule has 6 heteroatoms. The highest BCUT2D eigenvalue weighted by Gasteiger charge is 2.33. The molecule has 2 aliphatic rings. The average molecular weight is 365 g/mol. The molecule has 1 saturated heterocycles. The van der Waals surface area contributed by atoms with Crippen LogP contribution in [-0.4, -0.2) is 48.6 Å². The van der Waals surface area contributed by atoms with Gasteiger partial charge in [-0.15, -0.1) is 11.3 Å². The Balaban J connectivity index is 1.65. The molecule has 1 aliphatic carbocycles. The highest BCUT2D eigenvalue weighted by molar-refractivity contribution is 9.10. The van der Waals surface area contributed by atoms with E-state index in [9.17, 15) is 0 Å². The maximum Gasteiger partial charge on any atom is 0.107 e. The van der Waals surface area contributed by atoms with E-state index in [2.05, 4.69) is 31.8 Å². The number of nitrogens with zero attached hydrogens (tertiary/aromatic N) is 2. The largest absolute Gasteiger partial charge is 0.329 e. The van der Waals surface area contributed by atoms with Gasteiger partial charge in [-0.1, -0.05) is 11.6 Å². The number of hydrogen-bond donors (Lipinski definition) is 1. The first kappa shape index (κ1) is 14.3. The van der Waals surface area contributed by atoms with Crippen molar-refractivity contribution in [2.75, 3.05) is 32.7 Å². The average Bonchev–Trinajstić information content (AvgIpc) is 3.19. The highest BCUT2D eigenvalue weighted by atomic mass is 79.9. The van der Waals surface area contributed by atoms with Gasteiger partial charge in [-0.3, -0.25) is 9.80 Å². The Morgan fingerprint density at radius 3 is 2.53 bits per heavy atom. The van der Waals surface area contributed by atoms with E-state index in [1.54, 1.807) is 11.3 Å². The summed E-state index contributed by atoms with van der Waals surface area (Å²) in [6, 6.07) is 3.32. The maximum absolute atomic E-state index is 6.15. The second kappa shape index (κ2) is 6.00. The Kier molecular flexibility index (Phi) is 4.51. The molecule has 1 unspecified atom stereocenters. The summed E-state index contributed by atoms with van der Waals surface area (Å²) in [6.45, 7) is 5.26. The molecular weight excluding hydrogens is 346 g/mol. The van der Waals surface area contributed by atoms with Crippen LogP contribution in [0.15, 0.2) is 10.5 Å². The number of rotatable bonds is 4. The molecule has 2 heterocycles. The summed E-state index contributed by atoms with van der Waals surface area (Å²) in [4.78, 5) is 6.41. The zero-order valence-electron chi connectivity index (χ0n) is 10.8. The third-order valence-electron chi connectivity index (χ3n) is 4.07. The van der Waals surface area contributed by atoms with Crippen LogP contribution >= 0.6 is 38.9 Å². The Morgan fingerprint density at radius 2 is 2.05 bits per heavy atom. The Hall–Kier alpha value is 0.350. The van der Waals surface area contributed by atoms with Crippen LogP contribution in [0.5, 0.6) is 0 Å². The molecule has 0 bridgehead atoms. The number of hydrogen-bond acceptors (Lipinski definition) is 4. The summed E-state index contributed by atoms with van der Waals surface area (Å²) in [7, 11) is 0. The summed E-state index contributed by atoms with van der Waals surface area (Å²) >= 11 is 11.3. The van der Waals surface area contributed by atoms with E-state index in [1.807, 2.05) is 0 Å². The van der Waals surface area contributed by atoms with Gasteiger partial charge < -0.3 is 5.73 Å². The predicted molar refractivity (Wildman–Crippen MR) is 85.0 cm³/mol. The summed E-state index contributed by atoms with van der Waals surface area (Å²) in [5.74, 6) is 0. The lowest BCUT2D eigenvalue weighted by Crippen LogP contribution is -2.49. The second-order valence-electron chi connectivity index (χ2n) is 5.33.